The van der Waals surface area contributed by atoms with E-state index >= 15 is 0 Å². The molecule has 0 bridgehead atoms. The first-order chi connectivity index (χ1) is 12.6. The second kappa shape index (κ2) is 8.15. The zero-order valence-corrected chi connectivity index (χ0v) is 15.6. The van der Waals surface area contributed by atoms with Crippen LogP contribution in [0.4, 0.5) is 0 Å². The lowest BCUT2D eigenvalue weighted by Gasteiger charge is -2.32. The van der Waals surface area contributed by atoms with E-state index in [4.69, 9.17) is 14.7 Å². The molecule has 136 valence electrons. The molecule has 7 nitrogen and oxygen atoms in total. The van der Waals surface area contributed by atoms with Crippen LogP contribution in [0.3, 0.4) is 0 Å². The zero-order valence-electron chi connectivity index (χ0n) is 14.8. The number of aromatic nitrogens is 2. The lowest BCUT2D eigenvalue weighted by Crippen LogP contribution is -2.42. The maximum Gasteiger partial charge on any atom is 0.275 e. The summed E-state index contributed by atoms with van der Waals surface area (Å²) in [4.78, 5) is 14.4. The molecule has 26 heavy (non-hydrogen) atoms. The molecule has 0 aliphatic carbocycles. The predicted molar refractivity (Wildman–Crippen MR) is 96.5 cm³/mol. The van der Waals surface area contributed by atoms with Crippen molar-refractivity contribution in [3.8, 4) is 17.6 Å². The smallest absolute Gasteiger partial charge is 0.275 e. The molecular weight excluding hydrogens is 352 g/mol. The van der Waals surface area contributed by atoms with E-state index in [1.54, 1.807) is 32.2 Å². The van der Waals surface area contributed by atoms with Gasteiger partial charge in [0.2, 0.25) is 0 Å². The largest absolute Gasteiger partial charge is 0.493 e. The fraction of sp³-hybridized carbons (Fsp3) is 0.444. The van der Waals surface area contributed by atoms with Gasteiger partial charge in [0.15, 0.2) is 17.2 Å². The van der Waals surface area contributed by atoms with Crippen molar-refractivity contribution in [2.75, 3.05) is 26.8 Å². The topological polar surface area (TPSA) is 88.3 Å². The second-order valence-corrected chi connectivity index (χ2v) is 6.77. The van der Waals surface area contributed by atoms with Crippen LogP contribution in [0, 0.1) is 24.2 Å². The number of rotatable bonds is 5. The summed E-state index contributed by atoms with van der Waals surface area (Å²) in [5.74, 6) is 1.32. The third-order valence-corrected chi connectivity index (χ3v) is 5.05. The van der Waals surface area contributed by atoms with Crippen LogP contribution in [0.5, 0.6) is 11.5 Å². The van der Waals surface area contributed by atoms with E-state index in [0.717, 1.165) is 31.1 Å². The summed E-state index contributed by atoms with van der Waals surface area (Å²) >= 11 is 1.06. The molecule has 1 aliphatic heterocycles. The Morgan fingerprint density at radius 1 is 1.42 bits per heavy atom. The number of carbonyl (C=O) groups excluding carboxylic acids is 1. The van der Waals surface area contributed by atoms with Gasteiger partial charge in [0.05, 0.1) is 42.8 Å². The number of hydrogen-bond acceptors (Lipinski definition) is 7. The first kappa shape index (κ1) is 18.1. The maximum atomic E-state index is 12.6. The standard InChI is InChI=1S/C18H20N4O3S/c1-12-17(21-26-20-12)18(23)22-7-3-4-14(10-22)11-25-15-6-5-13(9-19)8-16(15)24-2/h5-6,8,14H,3-4,7,10-11H2,1-2H3. The molecule has 0 spiro atoms. The van der Waals surface area contributed by atoms with Crippen LogP contribution >= 0.6 is 11.7 Å². The number of nitrogens with zero attached hydrogens (tertiary/aromatic N) is 4. The van der Waals surface area contributed by atoms with Crippen LogP contribution in [-0.4, -0.2) is 46.4 Å². The molecule has 1 fully saturated rings. The first-order valence-electron chi connectivity index (χ1n) is 8.41. The maximum absolute atomic E-state index is 12.6. The van der Waals surface area contributed by atoms with Crippen LogP contribution in [0.25, 0.3) is 0 Å². The normalized spacial score (nSPS) is 16.8. The van der Waals surface area contributed by atoms with Crippen molar-refractivity contribution >= 4 is 17.6 Å². The number of amides is 1. The molecule has 0 saturated carbocycles. The monoisotopic (exact) mass is 372 g/mol. The number of likely N-dealkylation sites (tertiary alicyclic amines) is 1. The minimum absolute atomic E-state index is 0.0584. The fourth-order valence-corrected chi connectivity index (χ4v) is 3.57. The number of aryl methyl sites for hydroxylation is 1. The summed E-state index contributed by atoms with van der Waals surface area (Å²) in [5.41, 5.74) is 1.65. The van der Waals surface area contributed by atoms with E-state index in [0.29, 0.717) is 41.6 Å². The highest BCUT2D eigenvalue weighted by molar-refractivity contribution is 6.99. The number of hydrogen-bond donors (Lipinski definition) is 0. The van der Waals surface area contributed by atoms with Gasteiger partial charge in [-0.1, -0.05) is 0 Å². The lowest BCUT2D eigenvalue weighted by molar-refractivity contribution is 0.0626. The quantitative estimate of drug-likeness (QED) is 0.802. The third-order valence-electron chi connectivity index (χ3n) is 4.43. The minimum Gasteiger partial charge on any atom is -0.493 e. The van der Waals surface area contributed by atoms with Crippen molar-refractivity contribution in [3.05, 3.63) is 35.2 Å². The number of piperidine rings is 1. The minimum atomic E-state index is -0.0584. The van der Waals surface area contributed by atoms with Gasteiger partial charge >= 0.3 is 0 Å². The van der Waals surface area contributed by atoms with Gasteiger partial charge in [0.1, 0.15) is 0 Å². The van der Waals surface area contributed by atoms with Gasteiger partial charge in [-0.15, -0.1) is 0 Å². The van der Waals surface area contributed by atoms with Crippen LogP contribution in [0.1, 0.15) is 34.6 Å². The highest BCUT2D eigenvalue weighted by atomic mass is 32.1. The molecule has 8 heteroatoms. The van der Waals surface area contributed by atoms with Crippen molar-refractivity contribution in [3.63, 3.8) is 0 Å². The van der Waals surface area contributed by atoms with Gasteiger partial charge in [0.25, 0.3) is 5.91 Å². The van der Waals surface area contributed by atoms with Crippen molar-refractivity contribution in [1.82, 2.24) is 13.6 Å². The van der Waals surface area contributed by atoms with Gasteiger partial charge in [-0.3, -0.25) is 4.79 Å². The van der Waals surface area contributed by atoms with E-state index < -0.39 is 0 Å². The molecule has 1 unspecified atom stereocenters. The summed E-state index contributed by atoms with van der Waals surface area (Å²) in [6, 6.07) is 7.18. The molecule has 0 N–H and O–H groups in total. The first-order valence-corrected chi connectivity index (χ1v) is 9.14. The summed E-state index contributed by atoms with van der Waals surface area (Å²) in [7, 11) is 1.55. The Labute approximate surface area is 156 Å². The fourth-order valence-electron chi connectivity index (χ4n) is 3.02. The molecule has 1 aromatic carbocycles. The molecule has 1 atom stereocenters. The Morgan fingerprint density at radius 2 is 2.27 bits per heavy atom. The van der Waals surface area contributed by atoms with E-state index in [9.17, 15) is 4.79 Å². The van der Waals surface area contributed by atoms with Crippen molar-refractivity contribution in [1.29, 1.82) is 5.26 Å². The predicted octanol–water partition coefficient (Wildman–Crippen LogP) is 2.66. The molecule has 2 heterocycles. The second-order valence-electron chi connectivity index (χ2n) is 6.25. The number of methoxy groups -OCH3 is 1. The Bertz CT molecular complexity index is 830. The van der Waals surface area contributed by atoms with E-state index in [2.05, 4.69) is 14.8 Å². The highest BCUT2D eigenvalue weighted by Crippen LogP contribution is 2.29. The van der Waals surface area contributed by atoms with Gasteiger partial charge in [-0.2, -0.15) is 14.0 Å². The molecular formula is C18H20N4O3S. The summed E-state index contributed by atoms with van der Waals surface area (Å²) in [6.07, 6.45) is 1.93. The number of ether oxygens (including phenoxy) is 2. The molecule has 1 saturated heterocycles. The van der Waals surface area contributed by atoms with E-state index in [1.165, 1.54) is 0 Å². The van der Waals surface area contributed by atoms with Crippen LogP contribution < -0.4 is 9.47 Å². The van der Waals surface area contributed by atoms with Crippen LogP contribution in [0.15, 0.2) is 18.2 Å². The van der Waals surface area contributed by atoms with Crippen molar-refractivity contribution in [2.24, 2.45) is 5.92 Å². The molecule has 1 aliphatic rings. The Hall–Kier alpha value is -2.66. The molecule has 1 aromatic heterocycles. The molecule has 2 aromatic rings. The number of carbonyl (C=O) groups is 1. The third kappa shape index (κ3) is 3.94. The van der Waals surface area contributed by atoms with E-state index in [1.807, 2.05) is 4.90 Å². The summed E-state index contributed by atoms with van der Waals surface area (Å²) in [5, 5.41) is 8.97. The van der Waals surface area contributed by atoms with Crippen LogP contribution in [-0.2, 0) is 0 Å². The molecule has 1 amide bonds. The van der Waals surface area contributed by atoms with Gasteiger partial charge in [0, 0.05) is 25.1 Å². The summed E-state index contributed by atoms with van der Waals surface area (Å²) in [6.45, 7) is 3.65. The highest BCUT2D eigenvalue weighted by Gasteiger charge is 2.27. The molecule has 0 radical (unpaired) electrons. The Morgan fingerprint density at radius 3 is 2.96 bits per heavy atom. The van der Waals surface area contributed by atoms with Gasteiger partial charge in [-0.05, 0) is 31.9 Å². The average molecular weight is 372 g/mol. The zero-order chi connectivity index (χ0) is 18.5. The molecule has 3 rings (SSSR count). The van der Waals surface area contributed by atoms with Crippen molar-refractivity contribution < 1.29 is 14.3 Å². The average Bonchev–Trinajstić information content (AvgIpc) is 3.11. The van der Waals surface area contributed by atoms with Crippen LogP contribution in [0.2, 0.25) is 0 Å². The van der Waals surface area contributed by atoms with Gasteiger partial charge < -0.3 is 14.4 Å². The summed E-state index contributed by atoms with van der Waals surface area (Å²) < 4.78 is 19.4. The lowest BCUT2D eigenvalue weighted by atomic mass is 9.98. The van der Waals surface area contributed by atoms with Crippen molar-refractivity contribution in [2.45, 2.75) is 19.8 Å². The Kier molecular flexibility index (Phi) is 5.68. The Balaban J connectivity index is 1.62. The number of benzene rings is 1. The number of nitriles is 1. The SMILES string of the molecule is COc1cc(C#N)ccc1OCC1CCCN(C(=O)c2nsnc2C)C1. The van der Waals surface area contributed by atoms with Gasteiger partial charge in [-0.25, -0.2) is 0 Å². The van der Waals surface area contributed by atoms with E-state index in [-0.39, 0.29) is 11.8 Å².